The molecular formula is C16H29N3O4. The van der Waals surface area contributed by atoms with Gasteiger partial charge in [0.25, 0.3) is 0 Å². The zero-order valence-corrected chi connectivity index (χ0v) is 14.9. The molecule has 7 heteroatoms. The van der Waals surface area contributed by atoms with Crippen LogP contribution in [0.1, 0.15) is 41.5 Å². The highest BCUT2D eigenvalue weighted by Crippen LogP contribution is 2.33. The molecule has 1 saturated heterocycles. The van der Waals surface area contributed by atoms with Crippen LogP contribution < -0.4 is 10.6 Å². The lowest BCUT2D eigenvalue weighted by molar-refractivity contribution is -0.0756. The van der Waals surface area contributed by atoms with Gasteiger partial charge in [0.1, 0.15) is 11.3 Å². The second-order valence-corrected chi connectivity index (χ2v) is 7.07. The predicted octanol–water partition coefficient (Wildman–Crippen LogP) is 2.23. The van der Waals surface area contributed by atoms with Crippen LogP contribution in [0.3, 0.4) is 0 Å². The minimum atomic E-state index is -0.800. The van der Waals surface area contributed by atoms with Gasteiger partial charge in [-0.2, -0.15) is 0 Å². The first-order valence-corrected chi connectivity index (χ1v) is 7.80. The van der Waals surface area contributed by atoms with Crippen molar-refractivity contribution in [3.63, 3.8) is 0 Å². The van der Waals surface area contributed by atoms with Gasteiger partial charge in [-0.3, -0.25) is 4.90 Å². The van der Waals surface area contributed by atoms with Crippen LogP contribution >= 0.6 is 0 Å². The van der Waals surface area contributed by atoms with Crippen LogP contribution in [0.4, 0.5) is 9.59 Å². The van der Waals surface area contributed by atoms with Gasteiger partial charge in [-0.1, -0.05) is 6.08 Å². The van der Waals surface area contributed by atoms with Gasteiger partial charge in [0.2, 0.25) is 0 Å². The lowest BCUT2D eigenvalue weighted by atomic mass is 10.1. The highest BCUT2D eigenvalue weighted by atomic mass is 16.6. The average molecular weight is 327 g/mol. The maximum atomic E-state index is 12.5. The molecule has 3 amide bonds. The third-order valence-corrected chi connectivity index (χ3v) is 3.40. The first kappa shape index (κ1) is 19.3. The lowest BCUT2D eigenvalue weighted by Gasteiger charge is -2.35. The minimum absolute atomic E-state index is 0.225. The van der Waals surface area contributed by atoms with Crippen molar-refractivity contribution in [2.75, 3.05) is 13.1 Å². The van der Waals surface area contributed by atoms with Gasteiger partial charge in [0.15, 0.2) is 0 Å². The molecule has 23 heavy (non-hydrogen) atoms. The Morgan fingerprint density at radius 3 is 2.48 bits per heavy atom. The van der Waals surface area contributed by atoms with Crippen LogP contribution in [0.2, 0.25) is 0 Å². The molecule has 132 valence electrons. The van der Waals surface area contributed by atoms with Crippen molar-refractivity contribution in [2.24, 2.45) is 0 Å². The van der Waals surface area contributed by atoms with Gasteiger partial charge < -0.3 is 20.1 Å². The molecule has 1 aliphatic heterocycles. The summed E-state index contributed by atoms with van der Waals surface area (Å²) in [5.74, 6) is 0. The van der Waals surface area contributed by atoms with Crippen molar-refractivity contribution >= 4 is 12.1 Å². The molecule has 0 aromatic heterocycles. The fourth-order valence-electron chi connectivity index (χ4n) is 2.55. The van der Waals surface area contributed by atoms with Crippen LogP contribution in [0.25, 0.3) is 0 Å². The molecule has 1 fully saturated rings. The standard InChI is InChI=1S/C16H29N3O4/c1-8-9-17-13(20)18-10-12-11(2)22-16(6,7)19(12)14(21)23-15(3,4)5/h8,11-12H,1,9-10H2,2-7H3,(H2,17,18,20). The third-order valence-electron chi connectivity index (χ3n) is 3.40. The first-order chi connectivity index (χ1) is 10.5. The Morgan fingerprint density at radius 2 is 1.96 bits per heavy atom. The average Bonchev–Trinajstić information content (AvgIpc) is 2.60. The fraction of sp³-hybridized carbons (Fsp3) is 0.750. The molecule has 0 aromatic carbocycles. The van der Waals surface area contributed by atoms with Crippen molar-refractivity contribution in [3.05, 3.63) is 12.7 Å². The summed E-state index contributed by atoms with van der Waals surface area (Å²) >= 11 is 0. The summed E-state index contributed by atoms with van der Waals surface area (Å²) in [5, 5.41) is 5.38. The Kier molecular flexibility index (Phi) is 6.04. The van der Waals surface area contributed by atoms with E-state index in [1.807, 2.05) is 41.5 Å². The summed E-state index contributed by atoms with van der Waals surface area (Å²) in [6.45, 7) is 15.1. The molecule has 2 N–H and O–H groups in total. The summed E-state index contributed by atoms with van der Waals surface area (Å²) in [7, 11) is 0. The number of hydrogen-bond donors (Lipinski definition) is 2. The smallest absolute Gasteiger partial charge is 0.412 e. The van der Waals surface area contributed by atoms with E-state index in [1.54, 1.807) is 11.0 Å². The van der Waals surface area contributed by atoms with Gasteiger partial charge in [-0.05, 0) is 41.5 Å². The first-order valence-electron chi connectivity index (χ1n) is 7.80. The van der Waals surface area contributed by atoms with Gasteiger partial charge in [0, 0.05) is 13.1 Å². The molecule has 7 nitrogen and oxygen atoms in total. The normalized spacial score (nSPS) is 23.3. The summed E-state index contributed by atoms with van der Waals surface area (Å²) < 4.78 is 11.3. The molecular weight excluding hydrogens is 298 g/mol. The van der Waals surface area contributed by atoms with E-state index in [0.717, 1.165) is 0 Å². The van der Waals surface area contributed by atoms with E-state index in [2.05, 4.69) is 17.2 Å². The van der Waals surface area contributed by atoms with Crippen molar-refractivity contribution in [1.29, 1.82) is 0 Å². The van der Waals surface area contributed by atoms with E-state index in [-0.39, 0.29) is 24.7 Å². The zero-order chi connectivity index (χ0) is 17.8. The summed E-state index contributed by atoms with van der Waals surface area (Å²) in [6, 6.07) is -0.625. The Labute approximate surface area is 138 Å². The molecule has 0 bridgehead atoms. The summed E-state index contributed by atoms with van der Waals surface area (Å²) in [6.07, 6.45) is 0.916. The van der Waals surface area contributed by atoms with Crippen LogP contribution in [0.15, 0.2) is 12.7 Å². The van der Waals surface area contributed by atoms with E-state index in [9.17, 15) is 9.59 Å². The Balaban J connectivity index is 2.79. The van der Waals surface area contributed by atoms with Crippen LogP contribution in [-0.2, 0) is 9.47 Å². The number of urea groups is 1. The van der Waals surface area contributed by atoms with Gasteiger partial charge in [0.05, 0.1) is 12.1 Å². The van der Waals surface area contributed by atoms with Crippen molar-refractivity contribution < 1.29 is 19.1 Å². The fourth-order valence-corrected chi connectivity index (χ4v) is 2.55. The molecule has 0 aliphatic carbocycles. The van der Waals surface area contributed by atoms with Crippen LogP contribution in [0, 0.1) is 0 Å². The van der Waals surface area contributed by atoms with E-state index in [4.69, 9.17) is 9.47 Å². The Bertz CT molecular complexity index is 457. The number of hydrogen-bond acceptors (Lipinski definition) is 4. The van der Waals surface area contributed by atoms with Gasteiger partial charge in [-0.25, -0.2) is 9.59 Å². The quantitative estimate of drug-likeness (QED) is 0.776. The molecule has 0 spiro atoms. The molecule has 1 heterocycles. The number of nitrogens with one attached hydrogen (secondary N) is 2. The second kappa shape index (κ2) is 7.21. The maximum Gasteiger partial charge on any atom is 0.412 e. The van der Waals surface area contributed by atoms with E-state index >= 15 is 0 Å². The van der Waals surface area contributed by atoms with Crippen molar-refractivity contribution in [2.45, 2.75) is 65.0 Å². The second-order valence-electron chi connectivity index (χ2n) is 7.07. The largest absolute Gasteiger partial charge is 0.444 e. The predicted molar refractivity (Wildman–Crippen MR) is 88.1 cm³/mol. The highest BCUT2D eigenvalue weighted by molar-refractivity contribution is 5.74. The summed E-state index contributed by atoms with van der Waals surface area (Å²) in [4.78, 5) is 25.8. The van der Waals surface area contributed by atoms with Gasteiger partial charge in [-0.15, -0.1) is 6.58 Å². The summed E-state index contributed by atoms with van der Waals surface area (Å²) in [5.41, 5.74) is -1.40. The number of carbonyl (C=O) groups is 2. The molecule has 1 aliphatic rings. The molecule has 2 unspecified atom stereocenters. The number of nitrogens with zero attached hydrogens (tertiary/aromatic N) is 1. The molecule has 2 atom stereocenters. The Hall–Kier alpha value is -1.76. The van der Waals surface area contributed by atoms with Crippen LogP contribution in [0.5, 0.6) is 0 Å². The topological polar surface area (TPSA) is 79.9 Å². The molecule has 1 rings (SSSR count). The van der Waals surface area contributed by atoms with Gasteiger partial charge >= 0.3 is 12.1 Å². The minimum Gasteiger partial charge on any atom is -0.444 e. The van der Waals surface area contributed by atoms with Crippen molar-refractivity contribution in [1.82, 2.24) is 15.5 Å². The van der Waals surface area contributed by atoms with Crippen molar-refractivity contribution in [3.8, 4) is 0 Å². The maximum absolute atomic E-state index is 12.5. The monoisotopic (exact) mass is 327 g/mol. The zero-order valence-electron chi connectivity index (χ0n) is 14.9. The molecule has 0 aromatic rings. The van der Waals surface area contributed by atoms with E-state index < -0.39 is 17.4 Å². The number of carbonyl (C=O) groups excluding carboxylic acids is 2. The number of amides is 3. The van der Waals surface area contributed by atoms with E-state index in [1.165, 1.54) is 0 Å². The van der Waals surface area contributed by atoms with E-state index in [0.29, 0.717) is 6.54 Å². The SMILES string of the molecule is C=CCNC(=O)NCC1C(C)OC(C)(C)N1C(=O)OC(C)(C)C. The lowest BCUT2D eigenvalue weighted by Crippen LogP contribution is -2.54. The third kappa shape index (κ3) is 5.42. The Morgan fingerprint density at radius 1 is 1.35 bits per heavy atom. The molecule has 0 saturated carbocycles. The van der Waals surface area contributed by atoms with Crippen LogP contribution in [-0.4, -0.2) is 53.6 Å². The molecule has 0 radical (unpaired) electrons. The highest BCUT2D eigenvalue weighted by Gasteiger charge is 2.49. The number of rotatable bonds is 4. The number of ether oxygens (including phenoxy) is 2.